The summed E-state index contributed by atoms with van der Waals surface area (Å²) in [5.74, 6) is 0.460. The van der Waals surface area contributed by atoms with Gasteiger partial charge in [0.05, 0.1) is 23.6 Å². The van der Waals surface area contributed by atoms with Crippen LogP contribution in [-0.2, 0) is 14.6 Å². The molecular weight excluding hydrogens is 340 g/mol. The molecule has 1 atom stereocenters. The van der Waals surface area contributed by atoms with Crippen LogP contribution in [0, 0.1) is 5.92 Å². The molecular formula is C18H18N2O4S. The first-order valence-electron chi connectivity index (χ1n) is 7.88. The molecule has 2 aromatic carbocycles. The summed E-state index contributed by atoms with van der Waals surface area (Å²) >= 11 is 0. The highest BCUT2D eigenvalue weighted by atomic mass is 32.2. The van der Waals surface area contributed by atoms with Crippen molar-refractivity contribution in [2.75, 3.05) is 11.5 Å². The second-order valence-corrected chi connectivity index (χ2v) is 8.05. The van der Waals surface area contributed by atoms with Crippen LogP contribution in [0.2, 0.25) is 0 Å². The lowest BCUT2D eigenvalue weighted by atomic mass is 10.1. The molecule has 130 valence electrons. The van der Waals surface area contributed by atoms with Gasteiger partial charge in [-0.1, -0.05) is 30.3 Å². The van der Waals surface area contributed by atoms with Gasteiger partial charge < -0.3 is 4.74 Å². The summed E-state index contributed by atoms with van der Waals surface area (Å²) < 4.78 is 28.5. The smallest absolute Gasteiger partial charge is 0.244 e. The zero-order valence-electron chi connectivity index (χ0n) is 13.5. The van der Waals surface area contributed by atoms with Crippen LogP contribution in [0.15, 0.2) is 59.7 Å². The molecule has 1 aliphatic rings. The van der Waals surface area contributed by atoms with Gasteiger partial charge in [-0.3, -0.25) is 4.79 Å². The Morgan fingerprint density at radius 3 is 2.60 bits per heavy atom. The molecule has 0 saturated carbocycles. The van der Waals surface area contributed by atoms with Gasteiger partial charge in [0.15, 0.2) is 9.84 Å². The molecule has 1 N–H and O–H groups in total. The highest BCUT2D eigenvalue weighted by Gasteiger charge is 2.32. The van der Waals surface area contributed by atoms with Gasteiger partial charge in [0.2, 0.25) is 5.91 Å². The van der Waals surface area contributed by atoms with Crippen molar-refractivity contribution in [3.63, 3.8) is 0 Å². The van der Waals surface area contributed by atoms with E-state index in [1.165, 1.54) is 6.21 Å². The molecule has 0 spiro atoms. The third kappa shape index (κ3) is 4.90. The van der Waals surface area contributed by atoms with Gasteiger partial charge in [-0.2, -0.15) is 5.10 Å². The van der Waals surface area contributed by atoms with Crippen LogP contribution in [0.25, 0.3) is 0 Å². The SMILES string of the molecule is O=C(N/N=C\c1cccc(Oc2ccccc2)c1)[C@@H]1CCS(=O)(=O)C1. The number of amides is 1. The van der Waals surface area contributed by atoms with Crippen LogP contribution in [0.4, 0.5) is 0 Å². The van der Waals surface area contributed by atoms with Crippen molar-refractivity contribution >= 4 is 22.0 Å². The quantitative estimate of drug-likeness (QED) is 0.657. The largest absolute Gasteiger partial charge is 0.457 e. The van der Waals surface area contributed by atoms with Crippen LogP contribution < -0.4 is 10.2 Å². The third-order valence-corrected chi connectivity index (χ3v) is 5.60. The molecule has 0 unspecified atom stereocenters. The van der Waals surface area contributed by atoms with E-state index >= 15 is 0 Å². The zero-order valence-corrected chi connectivity index (χ0v) is 14.3. The molecule has 0 bridgehead atoms. The van der Waals surface area contributed by atoms with Gasteiger partial charge in [-0.15, -0.1) is 0 Å². The van der Waals surface area contributed by atoms with E-state index in [1.54, 1.807) is 6.07 Å². The Hall–Kier alpha value is -2.67. The molecule has 1 fully saturated rings. The van der Waals surface area contributed by atoms with Crippen molar-refractivity contribution in [3.8, 4) is 11.5 Å². The minimum atomic E-state index is -3.08. The Balaban J connectivity index is 1.58. The van der Waals surface area contributed by atoms with E-state index in [4.69, 9.17) is 4.74 Å². The van der Waals surface area contributed by atoms with E-state index in [1.807, 2.05) is 48.5 Å². The number of hydrogen-bond acceptors (Lipinski definition) is 5. The Morgan fingerprint density at radius 1 is 1.12 bits per heavy atom. The van der Waals surface area contributed by atoms with Crippen molar-refractivity contribution in [2.24, 2.45) is 11.0 Å². The number of carbonyl (C=O) groups is 1. The number of rotatable bonds is 5. The third-order valence-electron chi connectivity index (χ3n) is 3.83. The maximum atomic E-state index is 11.9. The topological polar surface area (TPSA) is 84.8 Å². The van der Waals surface area contributed by atoms with Crippen LogP contribution in [0.5, 0.6) is 11.5 Å². The molecule has 6 nitrogen and oxygen atoms in total. The first-order valence-corrected chi connectivity index (χ1v) is 9.70. The number of sulfone groups is 1. The fraction of sp³-hybridized carbons (Fsp3) is 0.222. The predicted octanol–water partition coefficient (Wildman–Crippen LogP) is 2.36. The van der Waals surface area contributed by atoms with Crippen molar-refractivity contribution < 1.29 is 17.9 Å². The number of carbonyl (C=O) groups excluding carboxylic acids is 1. The molecule has 1 saturated heterocycles. The van der Waals surface area contributed by atoms with Crippen molar-refractivity contribution in [1.29, 1.82) is 0 Å². The highest BCUT2D eigenvalue weighted by molar-refractivity contribution is 7.91. The zero-order chi connectivity index (χ0) is 17.7. The molecule has 25 heavy (non-hydrogen) atoms. The maximum Gasteiger partial charge on any atom is 0.244 e. The number of benzene rings is 2. The van der Waals surface area contributed by atoms with Gasteiger partial charge in [0.25, 0.3) is 0 Å². The second kappa shape index (κ2) is 7.48. The summed E-state index contributed by atoms with van der Waals surface area (Å²) in [7, 11) is -3.08. The number of hydrogen-bond donors (Lipinski definition) is 1. The standard InChI is InChI=1S/C18H18N2O4S/c21-18(15-9-10-25(22,23)13-15)20-19-12-14-5-4-8-17(11-14)24-16-6-2-1-3-7-16/h1-8,11-12,15H,9-10,13H2,(H,20,21)/b19-12-/t15-/m1/s1. The predicted molar refractivity (Wildman–Crippen MR) is 95.5 cm³/mol. The lowest BCUT2D eigenvalue weighted by Crippen LogP contribution is -2.27. The summed E-state index contributed by atoms with van der Waals surface area (Å²) in [6.45, 7) is 0. The Morgan fingerprint density at radius 2 is 1.88 bits per heavy atom. The van der Waals surface area contributed by atoms with Crippen LogP contribution >= 0.6 is 0 Å². The molecule has 7 heteroatoms. The van der Waals surface area contributed by atoms with Gasteiger partial charge in [0, 0.05) is 0 Å². The van der Waals surface area contributed by atoms with Crippen LogP contribution in [0.1, 0.15) is 12.0 Å². The molecule has 0 aliphatic carbocycles. The van der Waals surface area contributed by atoms with Crippen molar-refractivity contribution in [2.45, 2.75) is 6.42 Å². The minimum absolute atomic E-state index is 0.0632. The number of ether oxygens (including phenoxy) is 1. The van der Waals surface area contributed by atoms with Gasteiger partial charge in [0.1, 0.15) is 11.5 Å². The van der Waals surface area contributed by atoms with E-state index in [0.717, 1.165) is 11.3 Å². The lowest BCUT2D eigenvalue weighted by Gasteiger charge is -2.06. The second-order valence-electron chi connectivity index (χ2n) is 5.82. The van der Waals surface area contributed by atoms with Crippen LogP contribution in [-0.4, -0.2) is 32.0 Å². The van der Waals surface area contributed by atoms with Gasteiger partial charge in [-0.05, 0) is 36.2 Å². The van der Waals surface area contributed by atoms with E-state index in [-0.39, 0.29) is 17.4 Å². The van der Waals surface area contributed by atoms with E-state index in [0.29, 0.717) is 12.2 Å². The summed E-state index contributed by atoms with van der Waals surface area (Å²) in [5, 5.41) is 3.91. The minimum Gasteiger partial charge on any atom is -0.457 e. The number of nitrogens with one attached hydrogen (secondary N) is 1. The first-order chi connectivity index (χ1) is 12.0. The highest BCUT2D eigenvalue weighted by Crippen LogP contribution is 2.21. The molecule has 1 heterocycles. The van der Waals surface area contributed by atoms with E-state index in [2.05, 4.69) is 10.5 Å². The fourth-order valence-electron chi connectivity index (χ4n) is 2.55. The number of nitrogens with zero attached hydrogens (tertiary/aromatic N) is 1. The summed E-state index contributed by atoms with van der Waals surface area (Å²) in [6.07, 6.45) is 1.85. The number of para-hydroxylation sites is 1. The molecule has 2 aromatic rings. The van der Waals surface area contributed by atoms with Gasteiger partial charge in [-0.25, -0.2) is 13.8 Å². The summed E-state index contributed by atoms with van der Waals surface area (Å²) in [5.41, 5.74) is 3.16. The molecule has 1 amide bonds. The average Bonchev–Trinajstić information content (AvgIpc) is 2.96. The average molecular weight is 358 g/mol. The fourth-order valence-corrected chi connectivity index (χ4v) is 4.29. The first kappa shape index (κ1) is 17.2. The van der Waals surface area contributed by atoms with Crippen molar-refractivity contribution in [3.05, 3.63) is 60.2 Å². The van der Waals surface area contributed by atoms with E-state index in [9.17, 15) is 13.2 Å². The summed E-state index contributed by atoms with van der Waals surface area (Å²) in [6, 6.07) is 16.7. The van der Waals surface area contributed by atoms with Gasteiger partial charge >= 0.3 is 0 Å². The lowest BCUT2D eigenvalue weighted by molar-refractivity contribution is -0.124. The normalized spacial score (nSPS) is 19.0. The monoisotopic (exact) mass is 358 g/mol. The molecule has 3 rings (SSSR count). The van der Waals surface area contributed by atoms with Crippen LogP contribution in [0.3, 0.4) is 0 Å². The molecule has 0 radical (unpaired) electrons. The molecule has 1 aliphatic heterocycles. The van der Waals surface area contributed by atoms with E-state index < -0.39 is 15.8 Å². The number of hydrazone groups is 1. The Labute approximate surface area is 146 Å². The summed E-state index contributed by atoms with van der Waals surface area (Å²) in [4.78, 5) is 11.9. The Kier molecular flexibility index (Phi) is 5.14. The van der Waals surface area contributed by atoms with Crippen molar-refractivity contribution in [1.82, 2.24) is 5.43 Å². The Bertz CT molecular complexity index is 879. The molecule has 0 aromatic heterocycles. The maximum absolute atomic E-state index is 11.9.